The molecular weight excluding hydrogens is 286 g/mol. The van der Waals surface area contributed by atoms with Gasteiger partial charge in [-0.2, -0.15) is 0 Å². The highest BCUT2D eigenvalue weighted by atomic mass is 16.2. The Hall–Kier alpha value is -2.75. The molecule has 4 nitrogen and oxygen atoms in total. The normalized spacial score (nSPS) is 10.9. The standard InChI is InChI=1S/C19H19N3O/c1-14(2)22(13-15-6-4-10-20-12-15)19(23)17-9-3-7-16-8-5-11-21-18(16)17/h3-12,14H,13H2,1-2H3. The molecule has 0 saturated carbocycles. The average Bonchev–Trinajstić information content (AvgIpc) is 2.59. The van der Waals surface area contributed by atoms with Crippen molar-refractivity contribution in [1.82, 2.24) is 14.9 Å². The summed E-state index contributed by atoms with van der Waals surface area (Å²) >= 11 is 0. The molecule has 0 spiro atoms. The summed E-state index contributed by atoms with van der Waals surface area (Å²) in [6.07, 6.45) is 5.25. The van der Waals surface area contributed by atoms with Crippen LogP contribution in [0.4, 0.5) is 0 Å². The summed E-state index contributed by atoms with van der Waals surface area (Å²) in [5.41, 5.74) is 2.40. The summed E-state index contributed by atoms with van der Waals surface area (Å²) in [4.78, 5) is 23.4. The summed E-state index contributed by atoms with van der Waals surface area (Å²) < 4.78 is 0. The van der Waals surface area contributed by atoms with Gasteiger partial charge in [-0.15, -0.1) is 0 Å². The number of amides is 1. The summed E-state index contributed by atoms with van der Waals surface area (Å²) in [5, 5.41) is 0.975. The Morgan fingerprint density at radius 3 is 2.61 bits per heavy atom. The molecule has 1 amide bonds. The maximum atomic E-state index is 13.1. The third-order valence-electron chi connectivity index (χ3n) is 3.82. The van der Waals surface area contributed by atoms with Gasteiger partial charge in [0.2, 0.25) is 0 Å². The van der Waals surface area contributed by atoms with Gasteiger partial charge >= 0.3 is 0 Å². The number of rotatable bonds is 4. The van der Waals surface area contributed by atoms with E-state index in [2.05, 4.69) is 9.97 Å². The number of pyridine rings is 2. The first-order valence-corrected chi connectivity index (χ1v) is 7.70. The van der Waals surface area contributed by atoms with Crippen LogP contribution in [0.1, 0.15) is 29.8 Å². The zero-order valence-corrected chi connectivity index (χ0v) is 13.3. The maximum absolute atomic E-state index is 13.1. The lowest BCUT2D eigenvalue weighted by Crippen LogP contribution is -2.36. The van der Waals surface area contributed by atoms with Gasteiger partial charge in [0.05, 0.1) is 11.1 Å². The van der Waals surface area contributed by atoms with Gasteiger partial charge in [-0.05, 0) is 37.6 Å². The molecule has 3 rings (SSSR count). The van der Waals surface area contributed by atoms with Crippen LogP contribution in [-0.2, 0) is 6.54 Å². The molecule has 0 aliphatic rings. The SMILES string of the molecule is CC(C)N(Cc1cccnc1)C(=O)c1cccc2cccnc12. The van der Waals surface area contributed by atoms with Crippen LogP contribution in [0.5, 0.6) is 0 Å². The lowest BCUT2D eigenvalue weighted by atomic mass is 10.1. The van der Waals surface area contributed by atoms with Crippen molar-refractivity contribution in [3.63, 3.8) is 0 Å². The predicted octanol–water partition coefficient (Wildman–Crippen LogP) is 3.68. The molecule has 23 heavy (non-hydrogen) atoms. The van der Waals surface area contributed by atoms with E-state index < -0.39 is 0 Å². The smallest absolute Gasteiger partial charge is 0.256 e. The van der Waals surface area contributed by atoms with Crippen LogP contribution in [0.2, 0.25) is 0 Å². The van der Waals surface area contributed by atoms with Crippen LogP contribution in [0.25, 0.3) is 10.9 Å². The first-order chi connectivity index (χ1) is 11.2. The van der Waals surface area contributed by atoms with Crippen molar-refractivity contribution in [2.75, 3.05) is 0 Å². The highest BCUT2D eigenvalue weighted by molar-refractivity contribution is 6.05. The quantitative estimate of drug-likeness (QED) is 0.738. The second-order valence-corrected chi connectivity index (χ2v) is 5.77. The minimum Gasteiger partial charge on any atom is -0.332 e. The minimum atomic E-state index is -0.00634. The molecule has 0 N–H and O–H groups in total. The number of para-hydroxylation sites is 1. The Bertz CT molecular complexity index is 810. The summed E-state index contributed by atoms with van der Waals surface area (Å²) in [6.45, 7) is 4.58. The predicted molar refractivity (Wildman–Crippen MR) is 91.0 cm³/mol. The van der Waals surface area contributed by atoms with Gasteiger partial charge in [-0.25, -0.2) is 0 Å². The van der Waals surface area contributed by atoms with E-state index in [0.29, 0.717) is 12.1 Å². The Morgan fingerprint density at radius 2 is 1.87 bits per heavy atom. The molecule has 2 aromatic heterocycles. The monoisotopic (exact) mass is 305 g/mol. The number of carbonyl (C=O) groups is 1. The summed E-state index contributed by atoms with van der Waals surface area (Å²) in [7, 11) is 0. The van der Waals surface area contributed by atoms with Crippen LogP contribution in [0.15, 0.2) is 61.1 Å². The van der Waals surface area contributed by atoms with E-state index in [1.54, 1.807) is 18.6 Å². The molecule has 0 atom stereocenters. The second kappa shape index (κ2) is 6.57. The number of fused-ring (bicyclic) bond motifs is 1. The molecule has 0 aliphatic carbocycles. The Kier molecular flexibility index (Phi) is 4.33. The molecule has 0 fully saturated rings. The molecule has 0 radical (unpaired) electrons. The molecule has 116 valence electrons. The van der Waals surface area contributed by atoms with Crippen molar-refractivity contribution in [3.8, 4) is 0 Å². The zero-order valence-electron chi connectivity index (χ0n) is 13.3. The number of hydrogen-bond acceptors (Lipinski definition) is 3. The Labute approximate surface area is 135 Å². The van der Waals surface area contributed by atoms with Crippen LogP contribution in [-0.4, -0.2) is 26.8 Å². The highest BCUT2D eigenvalue weighted by Crippen LogP contribution is 2.20. The van der Waals surface area contributed by atoms with Crippen molar-refractivity contribution in [2.24, 2.45) is 0 Å². The van der Waals surface area contributed by atoms with Crippen molar-refractivity contribution >= 4 is 16.8 Å². The van der Waals surface area contributed by atoms with Gasteiger partial charge in [0, 0.05) is 36.6 Å². The summed E-state index contributed by atoms with van der Waals surface area (Å²) in [5.74, 6) is -0.00634. The molecule has 1 aromatic carbocycles. The van der Waals surface area contributed by atoms with Crippen molar-refractivity contribution in [2.45, 2.75) is 26.4 Å². The number of hydrogen-bond donors (Lipinski definition) is 0. The lowest BCUT2D eigenvalue weighted by molar-refractivity contribution is 0.0692. The van der Waals surface area contributed by atoms with E-state index in [9.17, 15) is 4.79 Å². The first kappa shape index (κ1) is 15.2. The van der Waals surface area contributed by atoms with Crippen LogP contribution >= 0.6 is 0 Å². The van der Waals surface area contributed by atoms with E-state index in [1.165, 1.54) is 0 Å². The number of nitrogens with zero attached hydrogens (tertiary/aromatic N) is 3. The molecule has 0 unspecified atom stereocenters. The van der Waals surface area contributed by atoms with Crippen LogP contribution in [0.3, 0.4) is 0 Å². The van der Waals surface area contributed by atoms with E-state index >= 15 is 0 Å². The molecule has 0 aliphatic heterocycles. The number of benzene rings is 1. The third kappa shape index (κ3) is 3.21. The Morgan fingerprint density at radius 1 is 1.09 bits per heavy atom. The third-order valence-corrected chi connectivity index (χ3v) is 3.82. The fraction of sp³-hybridized carbons (Fsp3) is 0.211. The van der Waals surface area contributed by atoms with Gasteiger partial charge in [0.1, 0.15) is 0 Å². The van der Waals surface area contributed by atoms with E-state index in [-0.39, 0.29) is 11.9 Å². The van der Waals surface area contributed by atoms with E-state index in [0.717, 1.165) is 16.5 Å². The molecule has 3 aromatic rings. The topological polar surface area (TPSA) is 46.1 Å². The van der Waals surface area contributed by atoms with Gasteiger partial charge in [-0.3, -0.25) is 14.8 Å². The fourth-order valence-corrected chi connectivity index (χ4v) is 2.61. The fourth-order valence-electron chi connectivity index (χ4n) is 2.61. The van der Waals surface area contributed by atoms with Gasteiger partial charge in [0.15, 0.2) is 0 Å². The number of aromatic nitrogens is 2. The highest BCUT2D eigenvalue weighted by Gasteiger charge is 2.21. The zero-order chi connectivity index (χ0) is 16.2. The largest absolute Gasteiger partial charge is 0.332 e. The second-order valence-electron chi connectivity index (χ2n) is 5.77. The molecule has 0 bridgehead atoms. The van der Waals surface area contributed by atoms with Gasteiger partial charge < -0.3 is 4.90 Å². The maximum Gasteiger partial charge on any atom is 0.256 e. The average molecular weight is 305 g/mol. The molecular formula is C19H19N3O. The Balaban J connectivity index is 1.97. The molecule has 0 saturated heterocycles. The van der Waals surface area contributed by atoms with Crippen molar-refractivity contribution < 1.29 is 4.79 Å². The van der Waals surface area contributed by atoms with Gasteiger partial charge in [-0.1, -0.05) is 24.3 Å². The minimum absolute atomic E-state index is 0.00634. The van der Waals surface area contributed by atoms with Crippen molar-refractivity contribution in [1.29, 1.82) is 0 Å². The first-order valence-electron chi connectivity index (χ1n) is 7.70. The number of carbonyl (C=O) groups excluding carboxylic acids is 1. The summed E-state index contributed by atoms with van der Waals surface area (Å²) in [6, 6.07) is 13.5. The lowest BCUT2D eigenvalue weighted by Gasteiger charge is -2.27. The van der Waals surface area contributed by atoms with Crippen LogP contribution < -0.4 is 0 Å². The molecule has 4 heteroatoms. The van der Waals surface area contributed by atoms with E-state index in [1.807, 2.05) is 61.2 Å². The van der Waals surface area contributed by atoms with Gasteiger partial charge in [0.25, 0.3) is 5.91 Å². The van der Waals surface area contributed by atoms with Crippen LogP contribution in [0, 0.1) is 0 Å². The molecule has 2 heterocycles. The van der Waals surface area contributed by atoms with E-state index in [4.69, 9.17) is 0 Å². The van der Waals surface area contributed by atoms with Crippen molar-refractivity contribution in [3.05, 3.63) is 72.2 Å².